The van der Waals surface area contributed by atoms with Gasteiger partial charge in [-0.15, -0.1) is 0 Å². The summed E-state index contributed by atoms with van der Waals surface area (Å²) in [7, 11) is 1.67. The van der Waals surface area contributed by atoms with Crippen LogP contribution in [0.4, 0.5) is 5.69 Å². The second-order valence-electron chi connectivity index (χ2n) is 7.09. The highest BCUT2D eigenvalue weighted by atomic mass is 16.5. The summed E-state index contributed by atoms with van der Waals surface area (Å²) >= 11 is 0. The zero-order valence-corrected chi connectivity index (χ0v) is 15.0. The summed E-state index contributed by atoms with van der Waals surface area (Å²) in [5, 5.41) is 9.67. The van der Waals surface area contributed by atoms with Crippen LogP contribution in [0.5, 0.6) is 5.75 Å². The zero-order chi connectivity index (χ0) is 17.7. The van der Waals surface area contributed by atoms with E-state index in [4.69, 9.17) is 4.74 Å². The number of anilines is 1. The molecule has 1 heterocycles. The zero-order valence-electron chi connectivity index (χ0n) is 15.0. The third-order valence-corrected chi connectivity index (χ3v) is 5.55. The number of hydrogen-bond acceptors (Lipinski definition) is 4. The molecule has 0 spiro atoms. The molecule has 0 atom stereocenters. The van der Waals surface area contributed by atoms with Crippen molar-refractivity contribution in [2.75, 3.05) is 38.2 Å². The van der Waals surface area contributed by atoms with Crippen LogP contribution >= 0.6 is 0 Å². The molecule has 0 aromatic heterocycles. The molecule has 1 aromatic rings. The minimum Gasteiger partial charge on any atom is -0.497 e. The third-order valence-electron chi connectivity index (χ3n) is 5.55. The maximum atomic E-state index is 13.1. The first kappa shape index (κ1) is 17.6. The Hall–Kier alpha value is -2.22. The van der Waals surface area contributed by atoms with Crippen LogP contribution < -0.4 is 9.64 Å². The maximum Gasteiger partial charge on any atom is 0.243 e. The average molecular weight is 341 g/mol. The second kappa shape index (κ2) is 7.77. The van der Waals surface area contributed by atoms with Crippen molar-refractivity contribution in [3.05, 3.63) is 24.3 Å². The highest BCUT2D eigenvalue weighted by Crippen LogP contribution is 2.37. The van der Waals surface area contributed by atoms with Gasteiger partial charge in [-0.1, -0.05) is 19.3 Å². The smallest absolute Gasteiger partial charge is 0.243 e. The van der Waals surface area contributed by atoms with Crippen molar-refractivity contribution < 1.29 is 9.53 Å². The molecule has 2 aliphatic rings. The quantitative estimate of drug-likeness (QED) is 0.847. The van der Waals surface area contributed by atoms with Crippen molar-refractivity contribution in [3.8, 4) is 11.8 Å². The first-order valence-electron chi connectivity index (χ1n) is 9.28. The lowest BCUT2D eigenvalue weighted by atomic mass is 9.74. The largest absolute Gasteiger partial charge is 0.497 e. The molecule has 5 heteroatoms. The van der Waals surface area contributed by atoms with Gasteiger partial charge in [-0.05, 0) is 43.5 Å². The molecular weight excluding hydrogens is 314 g/mol. The van der Waals surface area contributed by atoms with Crippen molar-refractivity contribution in [2.45, 2.75) is 38.5 Å². The predicted molar refractivity (Wildman–Crippen MR) is 97.5 cm³/mol. The lowest BCUT2D eigenvalue weighted by molar-refractivity contribution is -0.140. The Bertz CT molecular complexity index is 629. The monoisotopic (exact) mass is 341 g/mol. The van der Waals surface area contributed by atoms with Crippen molar-refractivity contribution in [3.63, 3.8) is 0 Å². The summed E-state index contributed by atoms with van der Waals surface area (Å²) in [6.07, 6.45) is 5.50. The van der Waals surface area contributed by atoms with Gasteiger partial charge in [0.1, 0.15) is 11.2 Å². The molecule has 5 nitrogen and oxygen atoms in total. The van der Waals surface area contributed by atoms with Crippen molar-refractivity contribution in [1.29, 1.82) is 5.26 Å². The number of rotatable bonds is 3. The fourth-order valence-corrected chi connectivity index (χ4v) is 4.00. The van der Waals surface area contributed by atoms with Gasteiger partial charge in [0.05, 0.1) is 13.2 Å². The topological polar surface area (TPSA) is 56.6 Å². The number of methoxy groups -OCH3 is 1. The normalized spacial score (nSPS) is 20.5. The van der Waals surface area contributed by atoms with Crippen LogP contribution in [0.3, 0.4) is 0 Å². The standard InChI is InChI=1S/C20H27N3O2/c1-25-18-8-6-17(7-9-18)22-12-5-13-23(15-14-22)19(24)20(16-21)10-3-2-4-11-20/h6-9H,2-5,10-15H2,1H3. The fourth-order valence-electron chi connectivity index (χ4n) is 4.00. The van der Waals surface area contributed by atoms with Gasteiger partial charge in [-0.25, -0.2) is 0 Å². The summed E-state index contributed by atoms with van der Waals surface area (Å²) in [4.78, 5) is 17.3. The second-order valence-corrected chi connectivity index (χ2v) is 7.09. The van der Waals surface area contributed by atoms with E-state index in [-0.39, 0.29) is 5.91 Å². The van der Waals surface area contributed by atoms with Gasteiger partial charge in [0.15, 0.2) is 0 Å². The first-order chi connectivity index (χ1) is 12.2. The number of benzene rings is 1. The Morgan fingerprint density at radius 1 is 1.04 bits per heavy atom. The number of nitriles is 1. The number of nitrogens with zero attached hydrogens (tertiary/aromatic N) is 3. The van der Waals surface area contributed by atoms with Crippen LogP contribution in [-0.2, 0) is 4.79 Å². The van der Waals surface area contributed by atoms with Crippen LogP contribution in [0.1, 0.15) is 38.5 Å². The molecule has 1 aliphatic carbocycles. The molecule has 0 radical (unpaired) electrons. The fraction of sp³-hybridized carbons (Fsp3) is 0.600. The van der Waals surface area contributed by atoms with E-state index in [1.807, 2.05) is 17.0 Å². The van der Waals surface area contributed by atoms with E-state index in [9.17, 15) is 10.1 Å². The van der Waals surface area contributed by atoms with E-state index in [2.05, 4.69) is 23.1 Å². The number of carbonyl (C=O) groups is 1. The van der Waals surface area contributed by atoms with Gasteiger partial charge in [-0.2, -0.15) is 5.26 Å². The van der Waals surface area contributed by atoms with Crippen LogP contribution in [0.25, 0.3) is 0 Å². The molecule has 3 rings (SSSR count). The SMILES string of the molecule is COc1ccc(N2CCCN(C(=O)C3(C#N)CCCCC3)CC2)cc1. The Kier molecular flexibility index (Phi) is 5.47. The Labute approximate surface area is 150 Å². The van der Waals surface area contributed by atoms with Crippen molar-refractivity contribution in [1.82, 2.24) is 4.90 Å². The third kappa shape index (κ3) is 3.73. The Morgan fingerprint density at radius 2 is 1.76 bits per heavy atom. The van der Waals surface area contributed by atoms with E-state index in [1.165, 1.54) is 0 Å². The number of amides is 1. The van der Waals surface area contributed by atoms with E-state index < -0.39 is 5.41 Å². The van der Waals surface area contributed by atoms with E-state index in [0.717, 1.165) is 69.6 Å². The molecule has 1 aliphatic heterocycles. The van der Waals surface area contributed by atoms with Gasteiger partial charge >= 0.3 is 0 Å². The van der Waals surface area contributed by atoms with E-state index in [1.54, 1.807) is 7.11 Å². The van der Waals surface area contributed by atoms with Gasteiger partial charge < -0.3 is 14.5 Å². The van der Waals surface area contributed by atoms with Crippen LogP contribution in [-0.4, -0.2) is 44.1 Å². The van der Waals surface area contributed by atoms with Crippen LogP contribution in [0, 0.1) is 16.7 Å². The van der Waals surface area contributed by atoms with Gasteiger partial charge in [0.2, 0.25) is 5.91 Å². The number of hydrogen-bond donors (Lipinski definition) is 0. The minimum atomic E-state index is -0.770. The molecule has 1 saturated heterocycles. The Balaban J connectivity index is 1.66. The number of carbonyl (C=O) groups excluding carboxylic acids is 1. The molecule has 1 saturated carbocycles. The summed E-state index contributed by atoms with van der Waals surface area (Å²) < 4.78 is 5.22. The summed E-state index contributed by atoms with van der Waals surface area (Å²) in [6, 6.07) is 10.4. The summed E-state index contributed by atoms with van der Waals surface area (Å²) in [5.74, 6) is 0.912. The molecule has 25 heavy (non-hydrogen) atoms. The summed E-state index contributed by atoms with van der Waals surface area (Å²) in [6.45, 7) is 3.17. The maximum absolute atomic E-state index is 13.1. The molecule has 1 amide bonds. The lowest BCUT2D eigenvalue weighted by Crippen LogP contribution is -2.45. The highest BCUT2D eigenvalue weighted by Gasteiger charge is 2.42. The molecule has 2 fully saturated rings. The summed E-state index contributed by atoms with van der Waals surface area (Å²) in [5.41, 5.74) is 0.385. The van der Waals surface area contributed by atoms with Crippen LogP contribution in [0.15, 0.2) is 24.3 Å². The van der Waals surface area contributed by atoms with Gasteiger partial charge in [-0.3, -0.25) is 4.79 Å². The van der Waals surface area contributed by atoms with Crippen molar-refractivity contribution >= 4 is 11.6 Å². The minimum absolute atomic E-state index is 0.0614. The van der Waals surface area contributed by atoms with Crippen LogP contribution in [0.2, 0.25) is 0 Å². The van der Waals surface area contributed by atoms with Crippen molar-refractivity contribution in [2.24, 2.45) is 5.41 Å². The molecule has 134 valence electrons. The molecular formula is C20H27N3O2. The van der Waals surface area contributed by atoms with Gasteiger partial charge in [0.25, 0.3) is 0 Å². The first-order valence-corrected chi connectivity index (χ1v) is 9.28. The van der Waals surface area contributed by atoms with Gasteiger partial charge in [0, 0.05) is 31.9 Å². The number of ether oxygens (including phenoxy) is 1. The lowest BCUT2D eigenvalue weighted by Gasteiger charge is -2.34. The van der Waals surface area contributed by atoms with E-state index >= 15 is 0 Å². The molecule has 1 aromatic carbocycles. The average Bonchev–Trinajstić information content (AvgIpc) is 2.94. The predicted octanol–water partition coefficient (Wildman–Crippen LogP) is 3.21. The Morgan fingerprint density at radius 3 is 2.40 bits per heavy atom. The molecule has 0 unspecified atom stereocenters. The molecule has 0 N–H and O–H groups in total. The highest BCUT2D eigenvalue weighted by molar-refractivity contribution is 5.85. The molecule has 0 bridgehead atoms. The van der Waals surface area contributed by atoms with E-state index in [0.29, 0.717) is 6.54 Å².